The summed E-state index contributed by atoms with van der Waals surface area (Å²) in [5.41, 5.74) is 5.48. The zero-order valence-electron chi connectivity index (χ0n) is 15.9. The van der Waals surface area contributed by atoms with E-state index in [1.54, 1.807) is 18.1 Å². The van der Waals surface area contributed by atoms with E-state index in [-0.39, 0.29) is 5.60 Å². The summed E-state index contributed by atoms with van der Waals surface area (Å²) in [6.45, 7) is 4.75. The van der Waals surface area contributed by atoms with Crippen molar-refractivity contribution in [3.8, 4) is 0 Å². The van der Waals surface area contributed by atoms with Crippen molar-refractivity contribution in [1.29, 1.82) is 0 Å². The van der Waals surface area contributed by atoms with E-state index in [1.807, 2.05) is 6.07 Å². The Bertz CT molecular complexity index is 1150. The first-order chi connectivity index (χ1) is 13.6. The van der Waals surface area contributed by atoms with Crippen LogP contribution in [0.1, 0.15) is 30.7 Å². The second-order valence-corrected chi connectivity index (χ2v) is 8.80. The molecule has 1 aliphatic rings. The van der Waals surface area contributed by atoms with Crippen molar-refractivity contribution in [2.45, 2.75) is 43.9 Å². The maximum Gasteiger partial charge on any atom is 0.229 e. The molecule has 5 nitrogen and oxygen atoms in total. The number of nitrogens with zero attached hydrogens (tertiary/aromatic N) is 3. The lowest BCUT2D eigenvalue weighted by Gasteiger charge is -2.30. The molecule has 0 spiro atoms. The highest BCUT2D eigenvalue weighted by molar-refractivity contribution is 7.99. The minimum Gasteiger partial charge on any atom is -0.433 e. The van der Waals surface area contributed by atoms with Crippen molar-refractivity contribution in [1.82, 2.24) is 15.0 Å². The fraction of sp³-hybridized carbons (Fsp3) is 0.318. The van der Waals surface area contributed by atoms with Gasteiger partial charge in [-0.2, -0.15) is 0 Å². The van der Waals surface area contributed by atoms with Gasteiger partial charge in [0.25, 0.3) is 0 Å². The van der Waals surface area contributed by atoms with Crippen LogP contribution in [0.15, 0.2) is 52.2 Å². The molecule has 0 aliphatic carbocycles. The molecule has 4 aromatic rings. The molecule has 0 unspecified atom stereocenters. The largest absolute Gasteiger partial charge is 0.433 e. The van der Waals surface area contributed by atoms with Crippen molar-refractivity contribution in [3.63, 3.8) is 0 Å². The quantitative estimate of drug-likeness (QED) is 0.362. The number of rotatable bonds is 4. The second-order valence-electron chi connectivity index (χ2n) is 7.71. The number of aryl methyl sites for hydroxylation is 1. The average molecular weight is 391 g/mol. The Kier molecular flexibility index (Phi) is 4.33. The van der Waals surface area contributed by atoms with Gasteiger partial charge < -0.3 is 9.15 Å². The van der Waals surface area contributed by atoms with Crippen molar-refractivity contribution in [2.24, 2.45) is 0 Å². The zero-order chi connectivity index (χ0) is 19.1. The minimum absolute atomic E-state index is 0.196. The first kappa shape index (κ1) is 17.6. The molecule has 0 amide bonds. The molecule has 4 heterocycles. The Morgan fingerprint density at radius 2 is 2.00 bits per heavy atom. The lowest BCUT2D eigenvalue weighted by atomic mass is 9.95. The van der Waals surface area contributed by atoms with Crippen LogP contribution in [0.25, 0.3) is 22.2 Å². The Balaban J connectivity index is 1.48. The lowest BCUT2D eigenvalue weighted by Crippen LogP contribution is -2.32. The first-order valence-electron chi connectivity index (χ1n) is 9.46. The molecule has 0 radical (unpaired) electrons. The molecule has 1 aromatic carbocycles. The highest BCUT2D eigenvalue weighted by atomic mass is 32.2. The van der Waals surface area contributed by atoms with E-state index in [0.29, 0.717) is 12.3 Å². The van der Waals surface area contributed by atoms with Crippen LogP contribution in [0.3, 0.4) is 0 Å². The number of ether oxygens (including phenoxy) is 1. The molecule has 0 saturated carbocycles. The minimum atomic E-state index is -0.196. The van der Waals surface area contributed by atoms with Gasteiger partial charge in [-0.05, 0) is 31.9 Å². The molecule has 0 saturated heterocycles. The van der Waals surface area contributed by atoms with Gasteiger partial charge in [-0.1, -0.05) is 30.3 Å². The highest BCUT2D eigenvalue weighted by Crippen LogP contribution is 2.35. The van der Waals surface area contributed by atoms with Crippen molar-refractivity contribution < 1.29 is 9.15 Å². The molecule has 0 fully saturated rings. The number of benzene rings is 1. The molecule has 28 heavy (non-hydrogen) atoms. The summed E-state index contributed by atoms with van der Waals surface area (Å²) in [4.78, 5) is 13.7. The van der Waals surface area contributed by atoms with Gasteiger partial charge in [-0.3, -0.25) is 0 Å². The van der Waals surface area contributed by atoms with Crippen LogP contribution in [-0.2, 0) is 24.2 Å². The fourth-order valence-corrected chi connectivity index (χ4v) is 4.50. The van der Waals surface area contributed by atoms with E-state index in [1.165, 1.54) is 5.56 Å². The van der Waals surface area contributed by atoms with Crippen LogP contribution in [0.5, 0.6) is 0 Å². The van der Waals surface area contributed by atoms with Gasteiger partial charge in [0.15, 0.2) is 5.58 Å². The maximum absolute atomic E-state index is 6.12. The Morgan fingerprint density at radius 3 is 2.86 bits per heavy atom. The number of thioether (sulfide) groups is 1. The first-order valence-corrected chi connectivity index (χ1v) is 10.4. The van der Waals surface area contributed by atoms with Gasteiger partial charge in [0.2, 0.25) is 5.71 Å². The summed E-state index contributed by atoms with van der Waals surface area (Å²) in [5, 5.41) is 1.80. The third-order valence-corrected chi connectivity index (χ3v) is 6.04. The van der Waals surface area contributed by atoms with Crippen LogP contribution in [0.2, 0.25) is 0 Å². The molecule has 142 valence electrons. The number of fused-ring (bicyclic) bond motifs is 4. The normalized spacial score (nSPS) is 15.8. The third-order valence-electron chi connectivity index (χ3n) is 5.07. The Labute approximate surface area is 167 Å². The summed E-state index contributed by atoms with van der Waals surface area (Å²) >= 11 is 1.69. The predicted octanol–water partition coefficient (Wildman–Crippen LogP) is 4.96. The van der Waals surface area contributed by atoms with Gasteiger partial charge in [-0.15, -0.1) is 11.8 Å². The Hall–Kier alpha value is -2.44. The summed E-state index contributed by atoms with van der Waals surface area (Å²) < 4.78 is 12.1. The standard InChI is InChI=1S/C22H21N3O2S/c1-22(2)11-17-15(12-26-22)10-16-18-19(27-20(16)25-17)21(24-13-23-18)28-9-8-14-6-4-3-5-7-14/h3-7,10,13H,8-9,11-12H2,1-2H3. The smallest absolute Gasteiger partial charge is 0.229 e. The molecule has 3 aromatic heterocycles. The van der Waals surface area contributed by atoms with Crippen LogP contribution in [0, 0.1) is 0 Å². The van der Waals surface area contributed by atoms with Crippen LogP contribution >= 0.6 is 11.8 Å². The summed E-state index contributed by atoms with van der Waals surface area (Å²) in [5.74, 6) is 0.930. The van der Waals surface area contributed by atoms with Gasteiger partial charge >= 0.3 is 0 Å². The van der Waals surface area contributed by atoms with Crippen LogP contribution in [-0.4, -0.2) is 26.3 Å². The topological polar surface area (TPSA) is 61.0 Å². The van der Waals surface area contributed by atoms with Crippen molar-refractivity contribution >= 4 is 34.0 Å². The monoisotopic (exact) mass is 391 g/mol. The number of furan rings is 1. The SMILES string of the molecule is CC1(C)Cc2nc3oc4c(SCCc5ccccc5)ncnc4c3cc2CO1. The predicted molar refractivity (Wildman–Crippen MR) is 111 cm³/mol. The number of hydrogen-bond acceptors (Lipinski definition) is 6. The van der Waals surface area contributed by atoms with Gasteiger partial charge in [0.1, 0.15) is 16.9 Å². The fourth-order valence-electron chi connectivity index (χ4n) is 3.58. The van der Waals surface area contributed by atoms with E-state index in [9.17, 15) is 0 Å². The van der Waals surface area contributed by atoms with Gasteiger partial charge in [0, 0.05) is 17.7 Å². The third kappa shape index (κ3) is 3.27. The second kappa shape index (κ2) is 6.87. The van der Waals surface area contributed by atoms with Crippen LogP contribution in [0.4, 0.5) is 0 Å². The van der Waals surface area contributed by atoms with E-state index < -0.39 is 0 Å². The lowest BCUT2D eigenvalue weighted by molar-refractivity contribution is -0.0411. The molecule has 5 rings (SSSR count). The average Bonchev–Trinajstić information content (AvgIpc) is 3.05. The summed E-state index contributed by atoms with van der Waals surface area (Å²) in [7, 11) is 0. The van der Waals surface area contributed by atoms with Crippen molar-refractivity contribution in [2.75, 3.05) is 5.75 Å². The molecule has 0 atom stereocenters. The van der Waals surface area contributed by atoms with E-state index >= 15 is 0 Å². The number of aromatic nitrogens is 3. The van der Waals surface area contributed by atoms with Crippen molar-refractivity contribution in [3.05, 3.63) is 59.5 Å². The molecular weight excluding hydrogens is 370 g/mol. The number of hydrogen-bond donors (Lipinski definition) is 0. The number of pyridine rings is 1. The Morgan fingerprint density at radius 1 is 1.14 bits per heavy atom. The molecule has 0 N–H and O–H groups in total. The van der Waals surface area contributed by atoms with Gasteiger partial charge in [0.05, 0.1) is 23.3 Å². The molecule has 1 aliphatic heterocycles. The van der Waals surface area contributed by atoms with E-state index in [0.717, 1.165) is 51.4 Å². The molecule has 6 heteroatoms. The molecular formula is C22H21N3O2S. The highest BCUT2D eigenvalue weighted by Gasteiger charge is 2.28. The van der Waals surface area contributed by atoms with E-state index in [4.69, 9.17) is 14.1 Å². The zero-order valence-corrected chi connectivity index (χ0v) is 16.8. The maximum atomic E-state index is 6.12. The van der Waals surface area contributed by atoms with Gasteiger partial charge in [-0.25, -0.2) is 15.0 Å². The molecule has 0 bridgehead atoms. The summed E-state index contributed by atoms with van der Waals surface area (Å²) in [6.07, 6.45) is 3.37. The van der Waals surface area contributed by atoms with Crippen LogP contribution < -0.4 is 0 Å². The van der Waals surface area contributed by atoms with E-state index in [2.05, 4.69) is 54.1 Å². The summed E-state index contributed by atoms with van der Waals surface area (Å²) in [6, 6.07) is 12.6.